The first kappa shape index (κ1) is 49.8. The van der Waals surface area contributed by atoms with Gasteiger partial charge in [-0.1, -0.05) is 97.1 Å². The van der Waals surface area contributed by atoms with E-state index in [0.29, 0.717) is 27.4 Å². The van der Waals surface area contributed by atoms with Gasteiger partial charge in [0.25, 0.3) is 0 Å². The van der Waals surface area contributed by atoms with Crippen LogP contribution in [0.3, 0.4) is 0 Å². The van der Waals surface area contributed by atoms with E-state index in [9.17, 15) is 33.6 Å². The van der Waals surface area contributed by atoms with E-state index in [0.717, 1.165) is 60.5 Å². The Morgan fingerprint density at radius 3 is 1.31 bits per heavy atom. The number of anilines is 2. The highest BCUT2D eigenvalue weighted by atomic mass is 32.1. The number of alkyl carbamates (subject to hydrolysis) is 2. The molecule has 4 aromatic carbocycles. The number of benzene rings is 4. The van der Waals surface area contributed by atoms with Gasteiger partial charge in [0.1, 0.15) is 41.9 Å². The van der Waals surface area contributed by atoms with E-state index < -0.39 is 42.3 Å². The Morgan fingerprint density at radius 1 is 0.574 bits per heavy atom. The average Bonchev–Trinajstić information content (AvgIpc) is 4.05. The summed E-state index contributed by atoms with van der Waals surface area (Å²) in [6.45, 7) is 8.75. The van der Waals surface area contributed by atoms with Crippen molar-refractivity contribution < 1.29 is 52.9 Å². The Balaban J connectivity index is 0.000000177. The first-order valence-electron chi connectivity index (χ1n) is 21.4. The number of carboxylic acids is 1. The van der Waals surface area contributed by atoms with Crippen molar-refractivity contribution in [2.45, 2.75) is 52.1 Å². The molecule has 17 heteroatoms. The normalized spacial score (nSPS) is 11.9. The van der Waals surface area contributed by atoms with E-state index in [-0.39, 0.29) is 31.6 Å². The van der Waals surface area contributed by atoms with E-state index in [2.05, 4.69) is 45.5 Å². The molecule has 0 bridgehead atoms. The van der Waals surface area contributed by atoms with Crippen LogP contribution in [0.4, 0.5) is 24.4 Å². The number of hydrogen-bond donors (Lipinski definition) is 5. The molecule has 15 nitrogen and oxygen atoms in total. The van der Waals surface area contributed by atoms with Crippen molar-refractivity contribution in [3.63, 3.8) is 0 Å². The van der Waals surface area contributed by atoms with Crippen LogP contribution < -0.4 is 21.3 Å². The summed E-state index contributed by atoms with van der Waals surface area (Å²) in [5, 5.41) is 19.4. The summed E-state index contributed by atoms with van der Waals surface area (Å²) in [5.41, 5.74) is 9.45. The second kappa shape index (κ2) is 22.7. The quantitative estimate of drug-likeness (QED) is 0.0574. The lowest BCUT2D eigenvalue weighted by molar-refractivity contribution is -0.135. The molecule has 0 unspecified atom stereocenters. The number of ether oxygens (including phenoxy) is 3. The summed E-state index contributed by atoms with van der Waals surface area (Å²) in [4.78, 5) is 81.3. The predicted molar refractivity (Wildman–Crippen MR) is 261 cm³/mol. The van der Waals surface area contributed by atoms with E-state index in [1.807, 2.05) is 86.6 Å². The predicted octanol–water partition coefficient (Wildman–Crippen LogP) is 10.2. The topological polar surface area (TPSA) is 216 Å². The first-order chi connectivity index (χ1) is 32.5. The molecule has 2 aliphatic rings. The van der Waals surface area contributed by atoms with Crippen LogP contribution in [0.1, 0.15) is 85.3 Å². The highest BCUT2D eigenvalue weighted by Crippen LogP contribution is 2.45. The van der Waals surface area contributed by atoms with Gasteiger partial charge in [-0.05, 0) is 91.3 Å². The van der Waals surface area contributed by atoms with Gasteiger partial charge in [0.05, 0.1) is 0 Å². The van der Waals surface area contributed by atoms with E-state index in [1.54, 1.807) is 32.9 Å². The molecule has 0 atom stereocenters. The standard InChI is InChI=1S/C23H20N2O4S.C17H15NO4.C11H15NO3S/c1-14-10-15(12-26)22(30-14)25-21(27)11-24-23(28)29-13-20-18-8-4-2-6-16(18)17-7-3-5-9-19(17)20;19-16(20)9-18-17(21)22-10-15-13-7-3-1-5-11(13)12-6-2-4-8-14(12)15;1-7-5-8(6-13)9(16-7)12-10(14)15-11(2,3)4/h2-10,12,20H,11,13H2,1H3,(H,24,28)(H,25,27);1-8,15H,9-10H2,(H,18,21)(H,19,20);5-6H,1-4H3,(H,12,14). The van der Waals surface area contributed by atoms with Crippen LogP contribution in [0.5, 0.6) is 0 Å². The molecule has 6 aromatic rings. The molecule has 352 valence electrons. The van der Waals surface area contributed by atoms with Crippen LogP contribution in [0.15, 0.2) is 109 Å². The monoisotopic (exact) mass is 958 g/mol. The average molecular weight is 959 g/mol. The number of aliphatic carboxylic acids is 1. The number of aryl methyl sites for hydroxylation is 2. The zero-order valence-electron chi connectivity index (χ0n) is 37.9. The van der Waals surface area contributed by atoms with Gasteiger partial charge < -0.3 is 35.3 Å². The van der Waals surface area contributed by atoms with Gasteiger partial charge >= 0.3 is 24.2 Å². The van der Waals surface area contributed by atoms with Crippen molar-refractivity contribution in [2.24, 2.45) is 0 Å². The molecule has 4 amide bonds. The Labute approximate surface area is 400 Å². The van der Waals surface area contributed by atoms with E-state index >= 15 is 0 Å². The second-order valence-electron chi connectivity index (χ2n) is 16.4. The third-order valence-electron chi connectivity index (χ3n) is 10.4. The number of fused-ring (bicyclic) bond motifs is 6. The number of amides is 4. The number of carbonyl (C=O) groups excluding carboxylic acids is 6. The highest BCUT2D eigenvalue weighted by Gasteiger charge is 2.30. The minimum atomic E-state index is -1.10. The van der Waals surface area contributed by atoms with Crippen molar-refractivity contribution in [1.82, 2.24) is 10.6 Å². The fraction of sp³-hybridized carbons (Fsp3) is 0.235. The third kappa shape index (κ3) is 13.0. The number of nitrogens with one attached hydrogen (secondary N) is 4. The van der Waals surface area contributed by atoms with Crippen molar-refractivity contribution >= 4 is 75.4 Å². The smallest absolute Gasteiger partial charge is 0.412 e. The number of aldehydes is 2. The lowest BCUT2D eigenvalue weighted by atomic mass is 9.98. The maximum atomic E-state index is 12.1. The molecule has 5 N–H and O–H groups in total. The van der Waals surface area contributed by atoms with Gasteiger partial charge in [0.2, 0.25) is 5.91 Å². The third-order valence-corrected chi connectivity index (χ3v) is 12.3. The van der Waals surface area contributed by atoms with Gasteiger partial charge in [-0.25, -0.2) is 14.4 Å². The Bertz CT molecular complexity index is 2740. The molecular weight excluding hydrogens is 909 g/mol. The second-order valence-corrected chi connectivity index (χ2v) is 19.0. The zero-order chi connectivity index (χ0) is 49.0. The molecule has 8 rings (SSSR count). The summed E-state index contributed by atoms with van der Waals surface area (Å²) in [7, 11) is 0. The van der Waals surface area contributed by atoms with E-state index in [4.69, 9.17) is 19.3 Å². The molecule has 68 heavy (non-hydrogen) atoms. The number of rotatable bonds is 12. The number of carboxylic acid groups (broad SMARTS) is 1. The van der Waals surface area contributed by atoms with Crippen molar-refractivity contribution in [2.75, 3.05) is 36.9 Å². The molecule has 2 heterocycles. The van der Waals surface area contributed by atoms with Gasteiger partial charge in [0.15, 0.2) is 12.6 Å². The molecule has 0 saturated heterocycles. The Hall–Kier alpha value is -7.63. The maximum absolute atomic E-state index is 12.1. The van der Waals surface area contributed by atoms with Crippen molar-refractivity contribution in [3.05, 3.63) is 152 Å². The molecule has 0 aliphatic heterocycles. The van der Waals surface area contributed by atoms with Crippen LogP contribution in [-0.2, 0) is 23.8 Å². The van der Waals surface area contributed by atoms with Gasteiger partial charge in [-0.3, -0.25) is 24.5 Å². The largest absolute Gasteiger partial charge is 0.480 e. The van der Waals surface area contributed by atoms with Gasteiger partial charge in [-0.15, -0.1) is 22.7 Å². The molecule has 2 aliphatic carbocycles. The maximum Gasteiger partial charge on any atom is 0.412 e. The minimum Gasteiger partial charge on any atom is -0.480 e. The summed E-state index contributed by atoms with van der Waals surface area (Å²) >= 11 is 2.66. The molecule has 0 radical (unpaired) electrons. The highest BCUT2D eigenvalue weighted by molar-refractivity contribution is 7.17. The number of carbonyl (C=O) groups is 7. The number of thiophene rings is 2. The summed E-state index contributed by atoms with van der Waals surface area (Å²) in [5.74, 6) is -1.59. The Morgan fingerprint density at radius 2 is 0.941 bits per heavy atom. The summed E-state index contributed by atoms with van der Waals surface area (Å²) in [6.07, 6.45) is -0.513. The van der Waals surface area contributed by atoms with Crippen LogP contribution >= 0.6 is 22.7 Å². The lowest BCUT2D eigenvalue weighted by Crippen LogP contribution is -2.33. The van der Waals surface area contributed by atoms with Crippen LogP contribution in [0.2, 0.25) is 0 Å². The SMILES string of the molecule is Cc1cc(C=O)c(NC(=O)CNC(=O)OCC2c3ccccc3-c3ccccc32)s1.Cc1cc(C=O)c(NC(=O)OC(C)(C)C)s1.O=C(O)CNC(=O)OCC1c2ccccc2-c2ccccc21. The molecular formula is C51H50N4O11S2. The fourth-order valence-corrected chi connectivity index (χ4v) is 9.37. The molecule has 0 spiro atoms. The molecule has 0 fully saturated rings. The van der Waals surface area contributed by atoms with Crippen LogP contribution in [-0.4, -0.2) is 79.7 Å². The summed E-state index contributed by atoms with van der Waals surface area (Å²) in [6, 6.07) is 35.6. The zero-order valence-corrected chi connectivity index (χ0v) is 39.5. The van der Waals surface area contributed by atoms with Crippen molar-refractivity contribution in [1.29, 1.82) is 0 Å². The minimum absolute atomic E-state index is 0.0250. The number of hydrogen-bond acceptors (Lipinski definition) is 12. The first-order valence-corrected chi connectivity index (χ1v) is 23.0. The molecule has 0 saturated carbocycles. The molecule has 2 aromatic heterocycles. The Kier molecular flexibility index (Phi) is 16.6. The van der Waals surface area contributed by atoms with Crippen LogP contribution in [0.25, 0.3) is 22.3 Å². The van der Waals surface area contributed by atoms with E-state index in [1.165, 1.54) is 22.7 Å². The van der Waals surface area contributed by atoms with Crippen LogP contribution in [0, 0.1) is 13.8 Å². The van der Waals surface area contributed by atoms with Gasteiger partial charge in [0, 0.05) is 32.7 Å². The summed E-state index contributed by atoms with van der Waals surface area (Å²) < 4.78 is 15.7. The lowest BCUT2D eigenvalue weighted by Gasteiger charge is -2.19. The van der Waals surface area contributed by atoms with Crippen molar-refractivity contribution in [3.8, 4) is 22.3 Å². The van der Waals surface area contributed by atoms with Gasteiger partial charge in [-0.2, -0.15) is 0 Å². The fourth-order valence-electron chi connectivity index (χ4n) is 7.60.